The number of nitrogens with zero attached hydrogens (tertiary/aromatic N) is 1. The summed E-state index contributed by atoms with van der Waals surface area (Å²) in [6.45, 7) is 3.89. The Hall–Kier alpha value is -1.07. The van der Waals surface area contributed by atoms with Crippen LogP contribution in [0.25, 0.3) is 0 Å². The van der Waals surface area contributed by atoms with Gasteiger partial charge in [-0.15, -0.1) is 0 Å². The number of hydrogen-bond donors (Lipinski definition) is 1. The van der Waals surface area contributed by atoms with Gasteiger partial charge in [0.1, 0.15) is 0 Å². The van der Waals surface area contributed by atoms with Gasteiger partial charge >= 0.3 is 0 Å². The molecule has 0 aromatic heterocycles. The molecule has 0 atom stereocenters. The van der Waals surface area contributed by atoms with Crippen LogP contribution in [0.5, 0.6) is 0 Å². The summed E-state index contributed by atoms with van der Waals surface area (Å²) < 4.78 is 23.3. The maximum Gasteiger partial charge on any atom is 0.152 e. The second-order valence-corrected chi connectivity index (χ2v) is 7.08. The lowest BCUT2D eigenvalue weighted by molar-refractivity contribution is 0.597. The minimum absolute atomic E-state index is 0.241. The molecule has 1 aromatic carbocycles. The van der Waals surface area contributed by atoms with Crippen molar-refractivity contribution in [2.24, 2.45) is 5.73 Å². The Morgan fingerprint density at radius 2 is 2.06 bits per heavy atom. The number of para-hydroxylation sites is 1. The fraction of sp³-hybridized carbons (Fsp3) is 0.538. The number of anilines is 1. The van der Waals surface area contributed by atoms with Gasteiger partial charge in [0.15, 0.2) is 9.84 Å². The molecule has 0 aliphatic carbocycles. The first kappa shape index (κ1) is 13.4. The molecule has 0 radical (unpaired) electrons. The van der Waals surface area contributed by atoms with Gasteiger partial charge in [0.25, 0.3) is 0 Å². The van der Waals surface area contributed by atoms with Crippen LogP contribution in [0.3, 0.4) is 0 Å². The Balaban J connectivity index is 2.31. The molecule has 2 rings (SSSR count). The molecule has 0 spiro atoms. The van der Waals surface area contributed by atoms with Crippen molar-refractivity contribution in [3.05, 3.63) is 29.3 Å². The van der Waals surface area contributed by atoms with Crippen molar-refractivity contribution in [1.82, 2.24) is 0 Å². The summed E-state index contributed by atoms with van der Waals surface area (Å²) in [5.74, 6) is 0.540. The summed E-state index contributed by atoms with van der Waals surface area (Å²) in [4.78, 5) is 2.17. The Morgan fingerprint density at radius 3 is 2.78 bits per heavy atom. The minimum atomic E-state index is -2.87. The summed E-state index contributed by atoms with van der Waals surface area (Å²) in [7, 11) is -2.87. The van der Waals surface area contributed by atoms with Gasteiger partial charge in [0, 0.05) is 25.3 Å². The van der Waals surface area contributed by atoms with Gasteiger partial charge < -0.3 is 10.6 Å². The van der Waals surface area contributed by atoms with Crippen molar-refractivity contribution >= 4 is 15.5 Å². The summed E-state index contributed by atoms with van der Waals surface area (Å²) in [6, 6.07) is 6.06. The predicted octanol–water partition coefficient (Wildman–Crippen LogP) is 1.08. The number of aryl methyl sites for hydroxylation is 1. The van der Waals surface area contributed by atoms with Gasteiger partial charge in [-0.1, -0.05) is 18.2 Å². The third kappa shape index (κ3) is 2.84. The second-order valence-electron chi connectivity index (χ2n) is 4.78. The lowest BCUT2D eigenvalue weighted by Gasteiger charge is -2.26. The van der Waals surface area contributed by atoms with Crippen molar-refractivity contribution < 1.29 is 8.42 Å². The van der Waals surface area contributed by atoms with Crippen LogP contribution < -0.4 is 10.6 Å². The lowest BCUT2D eigenvalue weighted by atomic mass is 10.1. The van der Waals surface area contributed by atoms with Crippen LogP contribution in [0.4, 0.5) is 5.69 Å². The quantitative estimate of drug-likeness (QED) is 0.872. The lowest BCUT2D eigenvalue weighted by Crippen LogP contribution is -2.28. The third-order valence-electron chi connectivity index (χ3n) is 3.41. The molecule has 1 saturated heterocycles. The van der Waals surface area contributed by atoms with E-state index in [1.165, 1.54) is 0 Å². The first-order valence-electron chi connectivity index (χ1n) is 6.27. The molecule has 4 nitrogen and oxygen atoms in total. The van der Waals surface area contributed by atoms with E-state index in [1.807, 2.05) is 25.1 Å². The summed E-state index contributed by atoms with van der Waals surface area (Å²) in [6.07, 6.45) is 0.695. The van der Waals surface area contributed by atoms with E-state index in [4.69, 9.17) is 5.73 Å². The molecule has 1 aliphatic rings. The predicted molar refractivity (Wildman–Crippen MR) is 74.6 cm³/mol. The standard InChI is InChI=1S/C13H20N2O2S/c1-11-4-2-5-12(10-14)13(11)15-6-3-8-18(16,17)9-7-15/h2,4-5H,3,6-10,14H2,1H3. The first-order valence-corrected chi connectivity index (χ1v) is 8.09. The molecule has 0 saturated carbocycles. The topological polar surface area (TPSA) is 63.4 Å². The molecule has 18 heavy (non-hydrogen) atoms. The smallest absolute Gasteiger partial charge is 0.152 e. The van der Waals surface area contributed by atoms with E-state index in [0.29, 0.717) is 25.3 Å². The van der Waals surface area contributed by atoms with E-state index in [0.717, 1.165) is 23.4 Å². The molecular weight excluding hydrogens is 248 g/mol. The van der Waals surface area contributed by atoms with Crippen molar-refractivity contribution in [1.29, 1.82) is 0 Å². The van der Waals surface area contributed by atoms with Crippen LogP contribution in [0.15, 0.2) is 18.2 Å². The van der Waals surface area contributed by atoms with Crippen molar-refractivity contribution in [2.75, 3.05) is 29.5 Å². The fourth-order valence-corrected chi connectivity index (χ4v) is 3.77. The fourth-order valence-electron chi connectivity index (χ4n) is 2.50. The molecule has 0 unspecified atom stereocenters. The van der Waals surface area contributed by atoms with Crippen LogP contribution in [-0.2, 0) is 16.4 Å². The number of benzene rings is 1. The largest absolute Gasteiger partial charge is 0.370 e. The van der Waals surface area contributed by atoms with Gasteiger partial charge in [-0.3, -0.25) is 0 Å². The SMILES string of the molecule is Cc1cccc(CN)c1N1CCCS(=O)(=O)CC1. The molecule has 5 heteroatoms. The second kappa shape index (κ2) is 5.28. The Kier molecular flexibility index (Phi) is 3.92. The molecule has 0 amide bonds. The molecular formula is C13H20N2O2S. The maximum atomic E-state index is 11.6. The molecule has 100 valence electrons. The van der Waals surface area contributed by atoms with Crippen LogP contribution >= 0.6 is 0 Å². The van der Waals surface area contributed by atoms with E-state index in [2.05, 4.69) is 4.90 Å². The van der Waals surface area contributed by atoms with Gasteiger partial charge in [0.05, 0.1) is 11.5 Å². The molecule has 1 fully saturated rings. The van der Waals surface area contributed by atoms with Crippen LogP contribution in [0.1, 0.15) is 17.5 Å². The van der Waals surface area contributed by atoms with Crippen LogP contribution in [0, 0.1) is 6.92 Å². The van der Waals surface area contributed by atoms with E-state index in [9.17, 15) is 8.42 Å². The van der Waals surface area contributed by atoms with Crippen LogP contribution in [-0.4, -0.2) is 33.0 Å². The highest BCUT2D eigenvalue weighted by Gasteiger charge is 2.21. The summed E-state index contributed by atoms with van der Waals surface area (Å²) >= 11 is 0. The Labute approximate surface area is 109 Å². The highest BCUT2D eigenvalue weighted by Crippen LogP contribution is 2.26. The number of nitrogens with two attached hydrogens (primary N) is 1. The van der Waals surface area contributed by atoms with Gasteiger partial charge in [0.2, 0.25) is 0 Å². The zero-order chi connectivity index (χ0) is 13.2. The average Bonchev–Trinajstić information content (AvgIpc) is 2.50. The molecule has 1 aliphatic heterocycles. The maximum absolute atomic E-state index is 11.6. The monoisotopic (exact) mass is 268 g/mol. The zero-order valence-electron chi connectivity index (χ0n) is 10.7. The number of sulfone groups is 1. The van der Waals surface area contributed by atoms with Crippen molar-refractivity contribution in [3.63, 3.8) is 0 Å². The van der Waals surface area contributed by atoms with E-state index in [1.54, 1.807) is 0 Å². The van der Waals surface area contributed by atoms with E-state index >= 15 is 0 Å². The average molecular weight is 268 g/mol. The normalized spacial score (nSPS) is 19.6. The number of rotatable bonds is 2. The molecule has 2 N–H and O–H groups in total. The van der Waals surface area contributed by atoms with Gasteiger partial charge in [-0.2, -0.15) is 0 Å². The Bertz CT molecular complexity index is 526. The summed E-state index contributed by atoms with van der Waals surface area (Å²) in [5.41, 5.74) is 9.15. The van der Waals surface area contributed by atoms with Gasteiger partial charge in [-0.25, -0.2) is 8.42 Å². The molecule has 0 bridgehead atoms. The zero-order valence-corrected chi connectivity index (χ0v) is 11.5. The molecule has 1 heterocycles. The molecule has 1 aromatic rings. The Morgan fingerprint density at radius 1 is 1.28 bits per heavy atom. The van der Waals surface area contributed by atoms with Crippen molar-refractivity contribution in [2.45, 2.75) is 19.9 Å². The highest BCUT2D eigenvalue weighted by atomic mass is 32.2. The van der Waals surface area contributed by atoms with Crippen LogP contribution in [0.2, 0.25) is 0 Å². The first-order chi connectivity index (χ1) is 8.53. The van der Waals surface area contributed by atoms with Crippen molar-refractivity contribution in [3.8, 4) is 0 Å². The van der Waals surface area contributed by atoms with E-state index < -0.39 is 9.84 Å². The van der Waals surface area contributed by atoms with Gasteiger partial charge in [-0.05, 0) is 24.5 Å². The minimum Gasteiger partial charge on any atom is -0.370 e. The number of hydrogen-bond acceptors (Lipinski definition) is 4. The summed E-state index contributed by atoms with van der Waals surface area (Å²) in [5, 5.41) is 0. The highest BCUT2D eigenvalue weighted by molar-refractivity contribution is 7.91. The van der Waals surface area contributed by atoms with E-state index in [-0.39, 0.29) is 5.75 Å². The third-order valence-corrected chi connectivity index (χ3v) is 5.13.